The second-order valence-corrected chi connectivity index (χ2v) is 7.18. The molecule has 6 heteroatoms. The third-order valence-corrected chi connectivity index (χ3v) is 5.01. The highest BCUT2D eigenvalue weighted by Crippen LogP contribution is 2.35. The van der Waals surface area contributed by atoms with Crippen molar-refractivity contribution in [2.24, 2.45) is 5.92 Å². The second kappa shape index (κ2) is 5.61. The van der Waals surface area contributed by atoms with Crippen LogP contribution in [0.2, 0.25) is 0 Å². The fourth-order valence-corrected chi connectivity index (χ4v) is 3.31. The lowest BCUT2D eigenvalue weighted by atomic mass is 10.0. The molecule has 0 saturated carbocycles. The van der Waals surface area contributed by atoms with E-state index in [-0.39, 0.29) is 11.0 Å². The summed E-state index contributed by atoms with van der Waals surface area (Å²) in [4.78, 5) is 2.32. The number of ether oxygens (including phenoxy) is 1. The van der Waals surface area contributed by atoms with Crippen molar-refractivity contribution < 1.29 is 13.2 Å². The van der Waals surface area contributed by atoms with Crippen LogP contribution < -0.4 is 14.4 Å². The highest BCUT2D eigenvalue weighted by Gasteiger charge is 2.27. The number of likely N-dealkylation sites (N-methyl/N-ethyl adjacent to an activating group) is 1. The van der Waals surface area contributed by atoms with Gasteiger partial charge >= 0.3 is 0 Å². The van der Waals surface area contributed by atoms with Crippen molar-refractivity contribution in [2.75, 3.05) is 25.0 Å². The number of nitrogens with zero attached hydrogens (tertiary/aromatic N) is 1. The quantitative estimate of drug-likeness (QED) is 0.921. The monoisotopic (exact) mass is 298 g/mol. The first-order valence-corrected chi connectivity index (χ1v) is 8.35. The van der Waals surface area contributed by atoms with Crippen LogP contribution in [0.5, 0.6) is 5.75 Å². The molecule has 112 valence electrons. The molecule has 0 amide bonds. The van der Waals surface area contributed by atoms with E-state index in [1.165, 1.54) is 0 Å². The van der Waals surface area contributed by atoms with Gasteiger partial charge in [-0.05, 0) is 24.1 Å². The summed E-state index contributed by atoms with van der Waals surface area (Å²) in [6, 6.07) is 5.00. The van der Waals surface area contributed by atoms with Gasteiger partial charge in [-0.2, -0.15) is 0 Å². The van der Waals surface area contributed by atoms with Gasteiger partial charge in [0.1, 0.15) is 11.9 Å². The van der Waals surface area contributed by atoms with E-state index in [1.807, 2.05) is 7.05 Å². The van der Waals surface area contributed by atoms with Gasteiger partial charge in [0.15, 0.2) is 0 Å². The van der Waals surface area contributed by atoms with Gasteiger partial charge in [-0.25, -0.2) is 13.1 Å². The number of rotatable bonds is 4. The molecule has 0 aromatic heterocycles. The second-order valence-electron chi connectivity index (χ2n) is 5.41. The van der Waals surface area contributed by atoms with Crippen LogP contribution in [0.15, 0.2) is 23.1 Å². The van der Waals surface area contributed by atoms with E-state index in [4.69, 9.17) is 4.74 Å². The predicted molar refractivity (Wildman–Crippen MR) is 79.8 cm³/mol. The van der Waals surface area contributed by atoms with Gasteiger partial charge in [-0.3, -0.25) is 0 Å². The Morgan fingerprint density at radius 3 is 2.75 bits per heavy atom. The molecule has 0 spiro atoms. The lowest BCUT2D eigenvalue weighted by Crippen LogP contribution is -2.40. The van der Waals surface area contributed by atoms with Gasteiger partial charge in [-0.1, -0.05) is 20.8 Å². The Labute approximate surface area is 121 Å². The summed E-state index contributed by atoms with van der Waals surface area (Å²) in [5, 5.41) is 0. The molecule has 5 nitrogen and oxygen atoms in total. The molecule has 0 aliphatic carbocycles. The number of sulfonamides is 1. The molecule has 1 unspecified atom stereocenters. The summed E-state index contributed by atoms with van der Waals surface area (Å²) in [6.45, 7) is 7.13. The number of fused-ring (bicyclic) bond motifs is 1. The fourth-order valence-electron chi connectivity index (χ4n) is 2.25. The molecule has 0 fully saturated rings. The summed E-state index contributed by atoms with van der Waals surface area (Å²) < 4.78 is 32.5. The van der Waals surface area contributed by atoms with Crippen LogP contribution in [0, 0.1) is 5.92 Å². The van der Waals surface area contributed by atoms with Crippen LogP contribution in [-0.2, 0) is 10.0 Å². The molecule has 1 aliphatic heterocycles. The third kappa shape index (κ3) is 2.91. The van der Waals surface area contributed by atoms with Crippen LogP contribution >= 0.6 is 0 Å². The van der Waals surface area contributed by atoms with Crippen LogP contribution in [0.1, 0.15) is 20.8 Å². The van der Waals surface area contributed by atoms with Crippen molar-refractivity contribution in [3.8, 4) is 5.75 Å². The first-order valence-electron chi connectivity index (χ1n) is 6.86. The van der Waals surface area contributed by atoms with Crippen LogP contribution in [0.25, 0.3) is 0 Å². The smallest absolute Gasteiger partial charge is 0.240 e. The molecular formula is C14H22N2O3S. The van der Waals surface area contributed by atoms with Gasteiger partial charge in [0.2, 0.25) is 10.0 Å². The van der Waals surface area contributed by atoms with E-state index < -0.39 is 10.0 Å². The Morgan fingerprint density at radius 2 is 2.15 bits per heavy atom. The van der Waals surface area contributed by atoms with E-state index in [0.29, 0.717) is 12.5 Å². The summed E-state index contributed by atoms with van der Waals surface area (Å²) >= 11 is 0. The molecule has 0 bridgehead atoms. The molecule has 1 atom stereocenters. The Morgan fingerprint density at radius 1 is 1.45 bits per heavy atom. The Hall–Kier alpha value is -1.27. The van der Waals surface area contributed by atoms with Crippen molar-refractivity contribution in [1.82, 2.24) is 4.72 Å². The average Bonchev–Trinajstić information content (AvgIpc) is 2.38. The summed E-state index contributed by atoms with van der Waals surface area (Å²) in [6.07, 6.45) is 0.128. The van der Waals surface area contributed by atoms with Gasteiger partial charge in [-0.15, -0.1) is 0 Å². The Bertz CT molecular complexity index is 584. The Kier molecular flexibility index (Phi) is 4.25. The summed E-state index contributed by atoms with van der Waals surface area (Å²) in [5.74, 6) is 1.16. The molecule has 20 heavy (non-hydrogen) atoms. The normalized spacial score (nSPS) is 18.9. The average molecular weight is 298 g/mol. The van der Waals surface area contributed by atoms with Crippen molar-refractivity contribution in [2.45, 2.75) is 31.8 Å². The molecule has 1 aromatic rings. The Balaban J connectivity index is 2.36. The maximum atomic E-state index is 12.0. The lowest BCUT2D eigenvalue weighted by Gasteiger charge is -2.36. The molecule has 1 heterocycles. The van der Waals surface area contributed by atoms with Gasteiger partial charge in [0.05, 0.1) is 17.1 Å². The van der Waals surface area contributed by atoms with Crippen molar-refractivity contribution in [3.63, 3.8) is 0 Å². The minimum atomic E-state index is -3.43. The molecular weight excluding hydrogens is 276 g/mol. The lowest BCUT2D eigenvalue weighted by molar-refractivity contribution is 0.147. The van der Waals surface area contributed by atoms with E-state index in [2.05, 4.69) is 23.5 Å². The number of nitrogens with one attached hydrogen (secondary N) is 1. The van der Waals surface area contributed by atoms with E-state index >= 15 is 0 Å². The maximum Gasteiger partial charge on any atom is 0.240 e. The molecule has 1 aromatic carbocycles. The van der Waals surface area contributed by atoms with Crippen molar-refractivity contribution in [1.29, 1.82) is 0 Å². The minimum Gasteiger partial charge on any atom is -0.486 e. The van der Waals surface area contributed by atoms with Gasteiger partial charge in [0.25, 0.3) is 0 Å². The zero-order valence-electron chi connectivity index (χ0n) is 12.4. The molecule has 1 aliphatic rings. The maximum absolute atomic E-state index is 12.0. The van der Waals surface area contributed by atoms with Gasteiger partial charge in [0, 0.05) is 13.6 Å². The predicted octanol–water partition coefficient (Wildman–Crippen LogP) is 1.84. The SMILES string of the molecule is CCNS(=O)(=O)c1ccc2c(c1)N(C)CC(C(C)C)O2. The molecule has 0 saturated heterocycles. The van der Waals surface area contributed by atoms with Crippen LogP contribution in [0.3, 0.4) is 0 Å². The first-order chi connectivity index (χ1) is 9.35. The number of hydrogen-bond donors (Lipinski definition) is 1. The highest BCUT2D eigenvalue weighted by molar-refractivity contribution is 7.89. The van der Waals surface area contributed by atoms with E-state index in [0.717, 1.165) is 18.0 Å². The highest BCUT2D eigenvalue weighted by atomic mass is 32.2. The minimum absolute atomic E-state index is 0.128. The van der Waals surface area contributed by atoms with Gasteiger partial charge < -0.3 is 9.64 Å². The van der Waals surface area contributed by atoms with Crippen LogP contribution in [0.4, 0.5) is 5.69 Å². The summed E-state index contributed by atoms with van der Waals surface area (Å²) in [7, 11) is -1.47. The van der Waals surface area contributed by atoms with E-state index in [9.17, 15) is 8.42 Å². The zero-order chi connectivity index (χ0) is 14.9. The number of anilines is 1. The number of hydrogen-bond acceptors (Lipinski definition) is 4. The van der Waals surface area contributed by atoms with E-state index in [1.54, 1.807) is 25.1 Å². The largest absolute Gasteiger partial charge is 0.486 e. The number of benzene rings is 1. The fraction of sp³-hybridized carbons (Fsp3) is 0.571. The molecule has 2 rings (SSSR count). The molecule has 1 N–H and O–H groups in total. The van der Waals surface area contributed by atoms with Crippen LogP contribution in [-0.4, -0.2) is 34.7 Å². The van der Waals surface area contributed by atoms with Crippen molar-refractivity contribution >= 4 is 15.7 Å². The summed E-state index contributed by atoms with van der Waals surface area (Å²) in [5.41, 5.74) is 0.820. The third-order valence-electron chi connectivity index (χ3n) is 3.46. The standard InChI is InChI=1S/C14H22N2O3S/c1-5-15-20(17,18)11-6-7-13-12(8-11)16(4)9-14(19-13)10(2)3/h6-8,10,14-15H,5,9H2,1-4H3. The zero-order valence-corrected chi connectivity index (χ0v) is 13.2. The first kappa shape index (κ1) is 15.1. The molecule has 0 radical (unpaired) electrons. The topological polar surface area (TPSA) is 58.6 Å². The van der Waals surface area contributed by atoms with Crippen molar-refractivity contribution in [3.05, 3.63) is 18.2 Å².